The molecule has 0 spiro atoms. The molecule has 0 amide bonds. The molecule has 4 heteroatoms. The molecule has 0 aromatic heterocycles. The van der Waals surface area contributed by atoms with Crippen LogP contribution in [0.1, 0.15) is 18.1 Å². The largest absolute Gasteiger partial charge is 0.491 e. The highest BCUT2D eigenvalue weighted by Gasteiger charge is 2.11. The van der Waals surface area contributed by atoms with Gasteiger partial charge < -0.3 is 10.5 Å². The van der Waals surface area contributed by atoms with E-state index >= 15 is 0 Å². The van der Waals surface area contributed by atoms with E-state index in [4.69, 9.17) is 10.5 Å². The van der Waals surface area contributed by atoms with Crippen LogP contribution in [0.15, 0.2) is 40.1 Å². The van der Waals surface area contributed by atoms with E-state index in [9.17, 15) is 4.39 Å². The molecule has 0 saturated heterocycles. The first-order chi connectivity index (χ1) is 9.51. The maximum Gasteiger partial charge on any atom is 0.167 e. The predicted molar refractivity (Wildman–Crippen MR) is 82.0 cm³/mol. The number of nitrogens with two attached hydrogens (primary N) is 1. The van der Waals surface area contributed by atoms with Gasteiger partial charge in [-0.1, -0.05) is 29.5 Å². The molecule has 0 aliphatic heterocycles. The van der Waals surface area contributed by atoms with Gasteiger partial charge in [0.2, 0.25) is 0 Å². The summed E-state index contributed by atoms with van der Waals surface area (Å²) >= 11 is 1.53. The van der Waals surface area contributed by atoms with Crippen LogP contribution in [0.4, 0.5) is 10.1 Å². The average Bonchev–Trinajstić information content (AvgIpc) is 2.38. The van der Waals surface area contributed by atoms with Gasteiger partial charge >= 0.3 is 0 Å². The Balaban J connectivity index is 2.35. The van der Waals surface area contributed by atoms with E-state index in [-0.39, 0.29) is 5.75 Å². The first-order valence-corrected chi connectivity index (χ1v) is 7.30. The van der Waals surface area contributed by atoms with Crippen LogP contribution in [-0.2, 0) is 0 Å². The molecule has 0 radical (unpaired) electrons. The smallest absolute Gasteiger partial charge is 0.167 e. The second kappa shape index (κ2) is 6.18. The van der Waals surface area contributed by atoms with Crippen LogP contribution in [-0.4, -0.2) is 6.61 Å². The van der Waals surface area contributed by atoms with Gasteiger partial charge in [0.05, 0.1) is 6.61 Å². The quantitative estimate of drug-likeness (QED) is 0.838. The summed E-state index contributed by atoms with van der Waals surface area (Å²) < 4.78 is 18.9. The van der Waals surface area contributed by atoms with E-state index < -0.39 is 5.82 Å². The predicted octanol–water partition coefficient (Wildman–Crippen LogP) is 4.57. The van der Waals surface area contributed by atoms with Crippen LogP contribution >= 0.6 is 11.8 Å². The number of ether oxygens (including phenoxy) is 1. The maximum atomic E-state index is 13.7. The molecule has 0 unspecified atom stereocenters. The Hall–Kier alpha value is -1.68. The average molecular weight is 291 g/mol. The molecular formula is C16H18FNOS. The van der Waals surface area contributed by atoms with E-state index in [1.165, 1.54) is 29.0 Å². The minimum Gasteiger partial charge on any atom is -0.491 e. The minimum atomic E-state index is -0.422. The van der Waals surface area contributed by atoms with Crippen LogP contribution in [0.25, 0.3) is 0 Å². The summed E-state index contributed by atoms with van der Waals surface area (Å²) in [7, 11) is 0. The summed E-state index contributed by atoms with van der Waals surface area (Å²) in [5.41, 5.74) is 8.72. The molecule has 0 aliphatic rings. The van der Waals surface area contributed by atoms with Crippen LogP contribution in [0.3, 0.4) is 0 Å². The summed E-state index contributed by atoms with van der Waals surface area (Å²) in [5, 5.41) is 0. The third kappa shape index (κ3) is 3.25. The molecule has 106 valence electrons. The molecule has 0 fully saturated rings. The lowest BCUT2D eigenvalue weighted by molar-refractivity contribution is 0.321. The normalized spacial score (nSPS) is 10.6. The van der Waals surface area contributed by atoms with Crippen molar-refractivity contribution in [2.45, 2.75) is 30.6 Å². The fraction of sp³-hybridized carbons (Fsp3) is 0.250. The van der Waals surface area contributed by atoms with E-state index in [2.05, 4.69) is 32.0 Å². The maximum absolute atomic E-state index is 13.7. The van der Waals surface area contributed by atoms with Gasteiger partial charge in [0.15, 0.2) is 11.6 Å². The number of rotatable bonds is 4. The third-order valence-electron chi connectivity index (χ3n) is 2.91. The summed E-state index contributed by atoms with van der Waals surface area (Å²) in [6.07, 6.45) is 0. The highest BCUT2D eigenvalue weighted by Crippen LogP contribution is 2.37. The highest BCUT2D eigenvalue weighted by atomic mass is 32.2. The monoisotopic (exact) mass is 291 g/mol. The van der Waals surface area contributed by atoms with Crippen molar-refractivity contribution in [1.82, 2.24) is 0 Å². The summed E-state index contributed by atoms with van der Waals surface area (Å²) in [4.78, 5) is 1.91. The molecule has 0 saturated carbocycles. The highest BCUT2D eigenvalue weighted by molar-refractivity contribution is 7.99. The SMILES string of the molecule is CCOc1cc(Sc2ccc(C)cc2C)c(N)cc1F. The van der Waals surface area contributed by atoms with Crippen molar-refractivity contribution in [2.75, 3.05) is 12.3 Å². The van der Waals surface area contributed by atoms with Crippen molar-refractivity contribution in [3.8, 4) is 5.75 Å². The Kier molecular flexibility index (Phi) is 4.55. The summed E-state index contributed by atoms with van der Waals surface area (Å²) in [6.45, 7) is 6.36. The molecular weight excluding hydrogens is 273 g/mol. The zero-order valence-corrected chi connectivity index (χ0v) is 12.7. The van der Waals surface area contributed by atoms with Gasteiger partial charge in [-0.15, -0.1) is 0 Å². The lowest BCUT2D eigenvalue weighted by Crippen LogP contribution is -1.98. The number of nitrogen functional groups attached to an aromatic ring is 1. The van der Waals surface area contributed by atoms with E-state index in [0.717, 1.165) is 9.79 Å². The molecule has 2 rings (SSSR count). The van der Waals surface area contributed by atoms with Crippen molar-refractivity contribution in [3.05, 3.63) is 47.3 Å². The van der Waals surface area contributed by atoms with Crippen molar-refractivity contribution in [3.63, 3.8) is 0 Å². The Labute approximate surface area is 123 Å². The zero-order valence-electron chi connectivity index (χ0n) is 11.9. The number of halogens is 1. The van der Waals surface area contributed by atoms with E-state index in [0.29, 0.717) is 12.3 Å². The van der Waals surface area contributed by atoms with Crippen LogP contribution < -0.4 is 10.5 Å². The second-order valence-electron chi connectivity index (χ2n) is 4.62. The number of aryl methyl sites for hydroxylation is 2. The molecule has 0 heterocycles. The number of hydrogen-bond donors (Lipinski definition) is 1. The van der Waals surface area contributed by atoms with Crippen molar-refractivity contribution < 1.29 is 9.13 Å². The van der Waals surface area contributed by atoms with E-state index in [1.54, 1.807) is 6.07 Å². The topological polar surface area (TPSA) is 35.2 Å². The molecule has 2 nitrogen and oxygen atoms in total. The lowest BCUT2D eigenvalue weighted by Gasteiger charge is -2.12. The Morgan fingerprint density at radius 3 is 2.55 bits per heavy atom. The van der Waals surface area contributed by atoms with Crippen LogP contribution in [0, 0.1) is 19.7 Å². The fourth-order valence-corrected chi connectivity index (χ4v) is 2.87. The number of anilines is 1. The summed E-state index contributed by atoms with van der Waals surface area (Å²) in [6, 6.07) is 9.21. The van der Waals surface area contributed by atoms with Gasteiger partial charge in [0.1, 0.15) is 0 Å². The van der Waals surface area contributed by atoms with Gasteiger partial charge in [0.25, 0.3) is 0 Å². The Morgan fingerprint density at radius 1 is 1.15 bits per heavy atom. The molecule has 0 bridgehead atoms. The summed E-state index contributed by atoms with van der Waals surface area (Å²) in [5.74, 6) is -0.178. The van der Waals surface area contributed by atoms with Gasteiger partial charge in [-0.2, -0.15) is 0 Å². The Morgan fingerprint density at radius 2 is 1.90 bits per heavy atom. The van der Waals surface area contributed by atoms with E-state index in [1.807, 2.05) is 6.92 Å². The van der Waals surface area contributed by atoms with Crippen LogP contribution in [0.5, 0.6) is 5.75 Å². The van der Waals surface area contributed by atoms with Crippen molar-refractivity contribution in [1.29, 1.82) is 0 Å². The van der Waals surface area contributed by atoms with Crippen LogP contribution in [0.2, 0.25) is 0 Å². The lowest BCUT2D eigenvalue weighted by atomic mass is 10.2. The second-order valence-corrected chi connectivity index (χ2v) is 5.71. The standard InChI is InChI=1S/C16H18FNOS/c1-4-19-14-9-16(13(18)8-12(14)17)20-15-6-5-10(2)7-11(15)3/h5-9H,4,18H2,1-3H3. The minimum absolute atomic E-state index is 0.244. The first-order valence-electron chi connectivity index (χ1n) is 6.48. The first kappa shape index (κ1) is 14.7. The molecule has 0 atom stereocenters. The fourth-order valence-electron chi connectivity index (χ4n) is 1.94. The van der Waals surface area contributed by atoms with Gasteiger partial charge in [-0.3, -0.25) is 0 Å². The molecule has 2 aromatic carbocycles. The zero-order chi connectivity index (χ0) is 14.7. The van der Waals surface area contributed by atoms with Crippen molar-refractivity contribution in [2.24, 2.45) is 0 Å². The van der Waals surface area contributed by atoms with Gasteiger partial charge in [-0.05, 0) is 38.5 Å². The Bertz CT molecular complexity index is 628. The molecule has 2 aromatic rings. The van der Waals surface area contributed by atoms with Gasteiger partial charge in [-0.25, -0.2) is 4.39 Å². The molecule has 20 heavy (non-hydrogen) atoms. The molecule has 0 aliphatic carbocycles. The van der Waals surface area contributed by atoms with Crippen molar-refractivity contribution >= 4 is 17.4 Å². The van der Waals surface area contributed by atoms with Gasteiger partial charge in [0, 0.05) is 21.5 Å². The number of benzene rings is 2. The third-order valence-corrected chi connectivity index (χ3v) is 4.17. The molecule has 2 N–H and O–H groups in total. The number of hydrogen-bond acceptors (Lipinski definition) is 3.